The van der Waals surface area contributed by atoms with Crippen molar-refractivity contribution in [3.63, 3.8) is 0 Å². The molecule has 7 heteroatoms. The van der Waals surface area contributed by atoms with Crippen LogP contribution in [0.3, 0.4) is 0 Å². The summed E-state index contributed by atoms with van der Waals surface area (Å²) in [5, 5.41) is 0.962. The molecule has 0 unspecified atom stereocenters. The van der Waals surface area contributed by atoms with Crippen molar-refractivity contribution in [1.82, 2.24) is 4.98 Å². The van der Waals surface area contributed by atoms with Crippen LogP contribution in [0, 0.1) is 0 Å². The van der Waals surface area contributed by atoms with Crippen molar-refractivity contribution < 1.29 is 9.53 Å². The van der Waals surface area contributed by atoms with Gasteiger partial charge in [-0.3, -0.25) is 9.69 Å². The second kappa shape index (κ2) is 8.38. The van der Waals surface area contributed by atoms with Gasteiger partial charge in [0, 0.05) is 36.3 Å². The molecule has 152 valence electrons. The third kappa shape index (κ3) is 4.13. The van der Waals surface area contributed by atoms with Crippen molar-refractivity contribution in [2.45, 2.75) is 12.3 Å². The molecule has 5 nitrogen and oxygen atoms in total. The van der Waals surface area contributed by atoms with Crippen LogP contribution >= 0.6 is 23.2 Å². The maximum atomic E-state index is 12.7. The Balaban J connectivity index is 1.58. The minimum atomic E-state index is -0.0186. The average Bonchev–Trinajstić information content (AvgIpc) is 3.13. The zero-order chi connectivity index (χ0) is 21.3. The Morgan fingerprint density at radius 1 is 1.10 bits per heavy atom. The SMILES string of the molecule is C=C(N)c1ccnc(N2C[C@@H](c3ccc(Cl)c(Oc4ccccc4Cl)c3)CC2=O)c1. The Hall–Kier alpha value is -3.02. The van der Waals surface area contributed by atoms with Crippen molar-refractivity contribution in [2.75, 3.05) is 11.4 Å². The highest BCUT2D eigenvalue weighted by Gasteiger charge is 2.33. The maximum absolute atomic E-state index is 12.7. The first-order valence-corrected chi connectivity index (χ1v) is 10.1. The van der Waals surface area contributed by atoms with Crippen molar-refractivity contribution in [3.8, 4) is 11.5 Å². The van der Waals surface area contributed by atoms with E-state index in [9.17, 15) is 4.79 Å². The van der Waals surface area contributed by atoms with Crippen molar-refractivity contribution in [2.24, 2.45) is 5.73 Å². The molecule has 2 N–H and O–H groups in total. The van der Waals surface area contributed by atoms with E-state index in [0.29, 0.717) is 46.0 Å². The number of rotatable bonds is 5. The minimum absolute atomic E-state index is 0.00388. The summed E-state index contributed by atoms with van der Waals surface area (Å²) >= 11 is 12.5. The van der Waals surface area contributed by atoms with Gasteiger partial charge in [0.1, 0.15) is 17.3 Å². The fraction of sp³-hybridized carbons (Fsp3) is 0.130. The lowest BCUT2D eigenvalue weighted by molar-refractivity contribution is -0.117. The van der Waals surface area contributed by atoms with E-state index < -0.39 is 0 Å². The highest BCUT2D eigenvalue weighted by molar-refractivity contribution is 6.32. The molecule has 0 aliphatic carbocycles. The van der Waals surface area contributed by atoms with Gasteiger partial charge in [-0.15, -0.1) is 0 Å². The van der Waals surface area contributed by atoms with E-state index in [4.69, 9.17) is 33.7 Å². The number of pyridine rings is 1. The first kappa shape index (κ1) is 20.3. The van der Waals surface area contributed by atoms with E-state index in [1.165, 1.54) is 0 Å². The van der Waals surface area contributed by atoms with Crippen molar-refractivity contribution in [3.05, 3.63) is 88.5 Å². The normalized spacial score (nSPS) is 16.0. The number of aromatic nitrogens is 1. The van der Waals surface area contributed by atoms with Crippen LogP contribution in [-0.4, -0.2) is 17.4 Å². The standard InChI is InChI=1S/C23H19Cl2N3O2/c1-14(26)15-8-9-27-22(11-15)28-13-17(12-23(28)29)16-6-7-19(25)21(10-16)30-20-5-3-2-4-18(20)24/h2-11,17H,1,12-13,26H2/t17-/m0/s1. The number of benzene rings is 2. The Labute approximate surface area is 184 Å². The Kier molecular flexibility index (Phi) is 5.66. The summed E-state index contributed by atoms with van der Waals surface area (Å²) in [6, 6.07) is 16.3. The summed E-state index contributed by atoms with van der Waals surface area (Å²) in [7, 11) is 0. The lowest BCUT2D eigenvalue weighted by atomic mass is 9.98. The third-order valence-corrected chi connectivity index (χ3v) is 5.63. The van der Waals surface area contributed by atoms with Gasteiger partial charge in [-0.05, 0) is 42.0 Å². The van der Waals surface area contributed by atoms with E-state index in [-0.39, 0.29) is 11.8 Å². The number of carbonyl (C=O) groups is 1. The largest absolute Gasteiger partial charge is 0.454 e. The number of ether oxygens (including phenoxy) is 1. The monoisotopic (exact) mass is 439 g/mol. The number of hydrogen-bond acceptors (Lipinski definition) is 4. The van der Waals surface area contributed by atoms with Gasteiger partial charge >= 0.3 is 0 Å². The number of anilines is 1. The van der Waals surface area contributed by atoms with Gasteiger partial charge in [0.05, 0.1) is 10.0 Å². The zero-order valence-electron chi connectivity index (χ0n) is 16.0. The molecule has 1 fully saturated rings. The van der Waals surface area contributed by atoms with Crippen LogP contribution in [0.4, 0.5) is 5.82 Å². The molecule has 1 aliphatic heterocycles. The highest BCUT2D eigenvalue weighted by atomic mass is 35.5. The van der Waals surface area contributed by atoms with Gasteiger partial charge in [0.2, 0.25) is 5.91 Å². The Morgan fingerprint density at radius 3 is 2.63 bits per heavy atom. The molecule has 0 saturated carbocycles. The second-order valence-electron chi connectivity index (χ2n) is 7.06. The molecule has 1 saturated heterocycles. The quantitative estimate of drug-likeness (QED) is 0.558. The van der Waals surface area contributed by atoms with Crippen LogP contribution in [0.5, 0.6) is 11.5 Å². The highest BCUT2D eigenvalue weighted by Crippen LogP contribution is 2.38. The van der Waals surface area contributed by atoms with Crippen LogP contribution in [0.25, 0.3) is 5.70 Å². The molecule has 1 atom stereocenters. The van der Waals surface area contributed by atoms with Gasteiger partial charge in [0.25, 0.3) is 0 Å². The fourth-order valence-electron chi connectivity index (χ4n) is 3.42. The summed E-state index contributed by atoms with van der Waals surface area (Å²) in [6.45, 7) is 4.24. The van der Waals surface area contributed by atoms with E-state index in [2.05, 4.69) is 11.6 Å². The first-order chi connectivity index (χ1) is 14.4. The number of hydrogen-bond donors (Lipinski definition) is 1. The van der Waals surface area contributed by atoms with Crippen molar-refractivity contribution in [1.29, 1.82) is 0 Å². The van der Waals surface area contributed by atoms with Gasteiger partial charge in [-0.2, -0.15) is 0 Å². The van der Waals surface area contributed by atoms with E-state index in [1.54, 1.807) is 41.4 Å². The molecule has 1 aromatic heterocycles. The molecule has 3 aromatic rings. The Morgan fingerprint density at radius 2 is 1.87 bits per heavy atom. The third-order valence-electron chi connectivity index (χ3n) is 5.00. The molecular formula is C23H19Cl2N3O2. The molecule has 1 amide bonds. The van der Waals surface area contributed by atoms with Crippen LogP contribution in [0.15, 0.2) is 67.4 Å². The summed E-state index contributed by atoms with van der Waals surface area (Å²) < 4.78 is 5.92. The van der Waals surface area contributed by atoms with E-state index >= 15 is 0 Å². The summed E-state index contributed by atoms with van der Waals surface area (Å²) in [6.07, 6.45) is 1.99. The maximum Gasteiger partial charge on any atom is 0.228 e. The van der Waals surface area contributed by atoms with Gasteiger partial charge in [0.15, 0.2) is 0 Å². The topological polar surface area (TPSA) is 68.4 Å². The first-order valence-electron chi connectivity index (χ1n) is 9.35. The van der Waals surface area contributed by atoms with E-state index in [0.717, 1.165) is 11.1 Å². The van der Waals surface area contributed by atoms with Crippen LogP contribution in [-0.2, 0) is 4.79 Å². The lowest BCUT2D eigenvalue weighted by Gasteiger charge is -2.17. The average molecular weight is 440 g/mol. The van der Waals surface area contributed by atoms with Gasteiger partial charge in [-0.1, -0.05) is 48.0 Å². The number of para-hydroxylation sites is 1. The smallest absolute Gasteiger partial charge is 0.228 e. The number of carbonyl (C=O) groups excluding carboxylic acids is 1. The number of nitrogens with two attached hydrogens (primary N) is 1. The number of amides is 1. The molecule has 2 aromatic carbocycles. The summed E-state index contributed by atoms with van der Waals surface area (Å²) in [4.78, 5) is 18.7. The fourth-order valence-corrected chi connectivity index (χ4v) is 3.75. The van der Waals surface area contributed by atoms with Crippen LogP contribution in [0.1, 0.15) is 23.5 Å². The second-order valence-corrected chi connectivity index (χ2v) is 7.87. The predicted octanol–water partition coefficient (Wildman–Crippen LogP) is 5.63. The molecular weight excluding hydrogens is 421 g/mol. The summed E-state index contributed by atoms with van der Waals surface area (Å²) in [5.41, 5.74) is 7.91. The molecule has 30 heavy (non-hydrogen) atoms. The molecule has 0 radical (unpaired) electrons. The molecule has 4 rings (SSSR count). The lowest BCUT2D eigenvalue weighted by Crippen LogP contribution is -2.25. The number of halogens is 2. The predicted molar refractivity (Wildman–Crippen MR) is 120 cm³/mol. The molecule has 0 spiro atoms. The van der Waals surface area contributed by atoms with E-state index in [1.807, 2.05) is 24.3 Å². The minimum Gasteiger partial charge on any atom is -0.454 e. The van der Waals surface area contributed by atoms with Gasteiger partial charge in [-0.25, -0.2) is 4.98 Å². The summed E-state index contributed by atoms with van der Waals surface area (Å²) in [5.74, 6) is 1.55. The molecule has 1 aliphatic rings. The zero-order valence-corrected chi connectivity index (χ0v) is 17.5. The Bertz CT molecular complexity index is 1130. The molecule has 2 heterocycles. The van der Waals surface area contributed by atoms with Gasteiger partial charge < -0.3 is 10.5 Å². The van der Waals surface area contributed by atoms with Crippen molar-refractivity contribution >= 4 is 40.6 Å². The number of nitrogens with zero attached hydrogens (tertiary/aromatic N) is 2. The van der Waals surface area contributed by atoms with Crippen LogP contribution < -0.4 is 15.4 Å². The molecule has 0 bridgehead atoms. The van der Waals surface area contributed by atoms with Crippen LogP contribution in [0.2, 0.25) is 10.0 Å².